The molecule has 0 amide bonds. The number of hydrogen-bond acceptors (Lipinski definition) is 3. The highest BCUT2D eigenvalue weighted by molar-refractivity contribution is 7.91. The first-order chi connectivity index (χ1) is 6.46. The number of nitriles is 1. The molecule has 0 N–H and O–H groups in total. The Balaban J connectivity index is 2.74. The topological polar surface area (TPSA) is 57.9 Å². The van der Waals surface area contributed by atoms with Crippen LogP contribution in [0, 0.1) is 29.1 Å². The quantitative estimate of drug-likeness (QED) is 0.703. The molecule has 0 radical (unpaired) electrons. The van der Waals surface area contributed by atoms with Gasteiger partial charge >= 0.3 is 0 Å². The minimum absolute atomic E-state index is 0.0544. The number of hydrogen-bond donors (Lipinski definition) is 0. The van der Waals surface area contributed by atoms with Gasteiger partial charge in [-0.05, 0) is 24.7 Å². The second-order valence-electron chi connectivity index (χ2n) is 4.42. The number of nitrogens with zero attached hydrogens (tertiary/aromatic N) is 1. The molecule has 0 aromatic rings. The Morgan fingerprint density at radius 2 is 2.07 bits per heavy atom. The molecule has 1 heterocycles. The first kappa shape index (κ1) is 11.5. The molecule has 3 nitrogen and oxygen atoms in total. The van der Waals surface area contributed by atoms with E-state index >= 15 is 0 Å². The van der Waals surface area contributed by atoms with Gasteiger partial charge in [0.05, 0.1) is 23.5 Å². The van der Waals surface area contributed by atoms with E-state index in [1.165, 1.54) is 0 Å². The van der Waals surface area contributed by atoms with Crippen molar-refractivity contribution in [1.29, 1.82) is 5.26 Å². The van der Waals surface area contributed by atoms with E-state index in [0.29, 0.717) is 5.75 Å². The molecule has 0 saturated carbocycles. The summed E-state index contributed by atoms with van der Waals surface area (Å²) in [6, 6.07) is 2.24. The minimum Gasteiger partial charge on any atom is -0.229 e. The van der Waals surface area contributed by atoms with Gasteiger partial charge in [0.2, 0.25) is 0 Å². The van der Waals surface area contributed by atoms with Crippen LogP contribution < -0.4 is 0 Å². The average Bonchev–Trinajstić information content (AvgIpc) is 2.02. The van der Waals surface area contributed by atoms with E-state index in [9.17, 15) is 8.42 Å². The fraction of sp³-hybridized carbons (Fsp3) is 0.900. The second kappa shape index (κ2) is 4.31. The Labute approximate surface area is 86.0 Å². The smallest absolute Gasteiger partial charge is 0.150 e. The Morgan fingerprint density at radius 3 is 2.50 bits per heavy atom. The summed E-state index contributed by atoms with van der Waals surface area (Å²) < 4.78 is 22.8. The van der Waals surface area contributed by atoms with Crippen LogP contribution in [0.15, 0.2) is 0 Å². The highest BCUT2D eigenvalue weighted by Gasteiger charge is 2.32. The molecule has 0 spiro atoms. The Morgan fingerprint density at radius 1 is 1.43 bits per heavy atom. The zero-order valence-corrected chi connectivity index (χ0v) is 9.55. The molecule has 2 atom stereocenters. The normalized spacial score (nSPS) is 28.3. The van der Waals surface area contributed by atoms with Gasteiger partial charge in [-0.25, -0.2) is 8.42 Å². The molecule has 1 rings (SSSR count). The third-order valence-electron chi connectivity index (χ3n) is 2.87. The number of sulfone groups is 1. The second-order valence-corrected chi connectivity index (χ2v) is 6.64. The van der Waals surface area contributed by atoms with Crippen molar-refractivity contribution in [3.8, 4) is 6.07 Å². The van der Waals surface area contributed by atoms with Gasteiger partial charge in [0.25, 0.3) is 0 Å². The summed E-state index contributed by atoms with van der Waals surface area (Å²) in [6.45, 7) is 3.96. The van der Waals surface area contributed by atoms with Crippen molar-refractivity contribution in [2.75, 3.05) is 11.5 Å². The minimum atomic E-state index is -2.87. The molecule has 0 aliphatic carbocycles. The Bertz CT molecular complexity index is 327. The van der Waals surface area contributed by atoms with Gasteiger partial charge in [0.15, 0.2) is 9.84 Å². The molecular weight excluding hydrogens is 198 g/mol. The maximum Gasteiger partial charge on any atom is 0.150 e. The molecular formula is C10H17NO2S. The molecule has 1 fully saturated rings. The summed E-state index contributed by atoms with van der Waals surface area (Å²) in [5.74, 6) is 0.713. The van der Waals surface area contributed by atoms with Gasteiger partial charge in [-0.1, -0.05) is 13.8 Å². The average molecular weight is 215 g/mol. The summed E-state index contributed by atoms with van der Waals surface area (Å²) in [7, 11) is -2.87. The lowest BCUT2D eigenvalue weighted by molar-refractivity contribution is 0.317. The van der Waals surface area contributed by atoms with Crippen LogP contribution >= 0.6 is 0 Å². The zero-order chi connectivity index (χ0) is 10.8. The van der Waals surface area contributed by atoms with Crippen LogP contribution in [0.2, 0.25) is 0 Å². The van der Waals surface area contributed by atoms with E-state index in [0.717, 1.165) is 12.8 Å². The first-order valence-electron chi connectivity index (χ1n) is 5.06. The van der Waals surface area contributed by atoms with Crippen LogP contribution in [0.25, 0.3) is 0 Å². The van der Waals surface area contributed by atoms with Crippen LogP contribution in [0.4, 0.5) is 0 Å². The van der Waals surface area contributed by atoms with Crippen LogP contribution in [-0.4, -0.2) is 19.9 Å². The maximum absolute atomic E-state index is 11.4. The van der Waals surface area contributed by atoms with Gasteiger partial charge in [-0.3, -0.25) is 0 Å². The van der Waals surface area contributed by atoms with Gasteiger partial charge < -0.3 is 0 Å². The lowest BCUT2D eigenvalue weighted by atomic mass is 9.83. The van der Waals surface area contributed by atoms with Crippen molar-refractivity contribution in [2.45, 2.75) is 26.7 Å². The van der Waals surface area contributed by atoms with Crippen LogP contribution in [-0.2, 0) is 9.84 Å². The monoisotopic (exact) mass is 215 g/mol. The predicted octanol–water partition coefficient (Wildman–Crippen LogP) is 1.61. The zero-order valence-electron chi connectivity index (χ0n) is 8.73. The highest BCUT2D eigenvalue weighted by Crippen LogP contribution is 2.29. The van der Waals surface area contributed by atoms with Gasteiger partial charge in [-0.2, -0.15) is 5.26 Å². The van der Waals surface area contributed by atoms with Crippen LogP contribution in [0.3, 0.4) is 0 Å². The van der Waals surface area contributed by atoms with Crippen molar-refractivity contribution >= 4 is 9.84 Å². The van der Waals surface area contributed by atoms with Crippen LogP contribution in [0.5, 0.6) is 0 Å². The fourth-order valence-electron chi connectivity index (χ4n) is 2.14. The van der Waals surface area contributed by atoms with E-state index in [4.69, 9.17) is 5.26 Å². The molecule has 1 saturated heterocycles. The third kappa shape index (κ3) is 2.71. The van der Waals surface area contributed by atoms with Crippen molar-refractivity contribution in [2.24, 2.45) is 17.8 Å². The summed E-state index contributed by atoms with van der Waals surface area (Å²) in [4.78, 5) is 0. The van der Waals surface area contributed by atoms with Crippen molar-refractivity contribution in [3.05, 3.63) is 0 Å². The summed E-state index contributed by atoms with van der Waals surface area (Å²) in [5, 5.41) is 8.97. The summed E-state index contributed by atoms with van der Waals surface area (Å²) in [5.41, 5.74) is 0. The SMILES string of the molecule is CC(C)C(C#N)C1CCCS(=O)(=O)C1. The third-order valence-corrected chi connectivity index (χ3v) is 4.72. The van der Waals surface area contributed by atoms with E-state index in [2.05, 4.69) is 6.07 Å². The molecule has 0 aromatic heterocycles. The van der Waals surface area contributed by atoms with Crippen molar-refractivity contribution in [1.82, 2.24) is 0 Å². The largest absolute Gasteiger partial charge is 0.229 e. The molecule has 1 aliphatic heterocycles. The number of rotatable bonds is 2. The summed E-state index contributed by atoms with van der Waals surface area (Å²) in [6.07, 6.45) is 1.60. The Kier molecular flexibility index (Phi) is 3.54. The predicted molar refractivity (Wildman–Crippen MR) is 55.3 cm³/mol. The van der Waals surface area contributed by atoms with Gasteiger partial charge in [0, 0.05) is 0 Å². The molecule has 0 aromatic carbocycles. The van der Waals surface area contributed by atoms with Gasteiger partial charge in [-0.15, -0.1) is 0 Å². The molecule has 80 valence electrons. The summed E-state index contributed by atoms with van der Waals surface area (Å²) >= 11 is 0. The first-order valence-corrected chi connectivity index (χ1v) is 6.88. The molecule has 2 unspecified atom stereocenters. The van der Waals surface area contributed by atoms with E-state index in [1.807, 2.05) is 13.8 Å². The molecule has 14 heavy (non-hydrogen) atoms. The van der Waals surface area contributed by atoms with E-state index in [-0.39, 0.29) is 23.5 Å². The highest BCUT2D eigenvalue weighted by atomic mass is 32.2. The lowest BCUT2D eigenvalue weighted by Gasteiger charge is -2.27. The van der Waals surface area contributed by atoms with Crippen molar-refractivity contribution in [3.63, 3.8) is 0 Å². The molecule has 4 heteroatoms. The van der Waals surface area contributed by atoms with Crippen LogP contribution in [0.1, 0.15) is 26.7 Å². The van der Waals surface area contributed by atoms with Crippen molar-refractivity contribution < 1.29 is 8.42 Å². The fourth-order valence-corrected chi connectivity index (χ4v) is 3.94. The standard InChI is InChI=1S/C10H17NO2S/c1-8(2)10(6-11)9-4-3-5-14(12,13)7-9/h8-10H,3-5,7H2,1-2H3. The Hall–Kier alpha value is -0.560. The molecule has 0 bridgehead atoms. The molecule has 1 aliphatic rings. The van der Waals surface area contributed by atoms with E-state index in [1.54, 1.807) is 0 Å². The van der Waals surface area contributed by atoms with Gasteiger partial charge in [0.1, 0.15) is 0 Å². The van der Waals surface area contributed by atoms with E-state index < -0.39 is 9.84 Å². The maximum atomic E-state index is 11.4. The lowest BCUT2D eigenvalue weighted by Crippen LogP contribution is -2.31.